The third-order valence-corrected chi connectivity index (χ3v) is 20.8. The smallest absolute Gasteiger partial charge is 0.338 e. The molecule has 0 bridgehead atoms. The van der Waals surface area contributed by atoms with Crippen LogP contribution >= 0.6 is 0 Å². The minimum atomic E-state index is -1.99. The summed E-state index contributed by atoms with van der Waals surface area (Å²) >= 11 is 0. The van der Waals surface area contributed by atoms with Crippen LogP contribution in [0.15, 0.2) is 103 Å². The fourth-order valence-electron chi connectivity index (χ4n) is 15.9. The number of ether oxygens (including phenoxy) is 7. The average molecular weight is 1090 g/mol. The summed E-state index contributed by atoms with van der Waals surface area (Å²) in [5.41, 5.74) is 0.683. The number of fused-ring (bicyclic) bond motifs is 7. The maximum Gasteiger partial charge on any atom is 0.338 e. The number of benzene rings is 3. The van der Waals surface area contributed by atoms with E-state index in [4.69, 9.17) is 33.2 Å². The highest BCUT2D eigenvalue weighted by Crippen LogP contribution is 2.75. The molecule has 2 aliphatic heterocycles. The average Bonchev–Trinajstić information content (AvgIpc) is 2.75. The summed E-state index contributed by atoms with van der Waals surface area (Å²) in [4.78, 5) is 56.7. The molecular formula is C63H80O16. The third-order valence-electron chi connectivity index (χ3n) is 20.8. The molecule has 6 fully saturated rings. The fraction of sp³-hybridized carbons (Fsp3) is 0.619. The van der Waals surface area contributed by atoms with Gasteiger partial charge in [0.15, 0.2) is 30.6 Å². The van der Waals surface area contributed by atoms with Crippen molar-refractivity contribution >= 4 is 23.7 Å². The number of aliphatic hydroxyl groups excluding tert-OH is 5. The van der Waals surface area contributed by atoms with Gasteiger partial charge in [-0.15, -0.1) is 0 Å². The van der Waals surface area contributed by atoms with E-state index in [-0.39, 0.29) is 60.2 Å². The van der Waals surface area contributed by atoms with Crippen molar-refractivity contribution in [2.45, 2.75) is 194 Å². The van der Waals surface area contributed by atoms with Gasteiger partial charge in [0.05, 0.1) is 11.5 Å². The van der Waals surface area contributed by atoms with Gasteiger partial charge in [-0.05, 0) is 126 Å². The predicted octanol–water partition coefficient (Wildman–Crippen LogP) is 7.22. The van der Waals surface area contributed by atoms with E-state index >= 15 is 4.79 Å². The van der Waals surface area contributed by atoms with Crippen LogP contribution < -0.4 is 0 Å². The first kappa shape index (κ1) is 57.4. The van der Waals surface area contributed by atoms with E-state index in [1.165, 1.54) is 5.57 Å². The lowest BCUT2D eigenvalue weighted by Crippen LogP contribution is -2.68. The van der Waals surface area contributed by atoms with E-state index in [0.717, 1.165) is 44.1 Å². The van der Waals surface area contributed by atoms with Gasteiger partial charge in [0.25, 0.3) is 0 Å². The molecule has 0 spiro atoms. The van der Waals surface area contributed by atoms with Crippen LogP contribution in [0.3, 0.4) is 0 Å². The zero-order valence-electron chi connectivity index (χ0n) is 46.5. The molecule has 16 heteroatoms. The van der Waals surface area contributed by atoms with E-state index in [1.807, 2.05) is 49.4 Å². The van der Waals surface area contributed by atoms with Crippen molar-refractivity contribution in [2.24, 2.45) is 50.2 Å². The minimum absolute atomic E-state index is 0.0221. The highest BCUT2D eigenvalue weighted by Gasteiger charge is 2.71. The van der Waals surface area contributed by atoms with E-state index in [1.54, 1.807) is 54.6 Å². The van der Waals surface area contributed by atoms with Crippen molar-refractivity contribution < 1.29 is 77.9 Å². The molecule has 2 saturated heterocycles. The quantitative estimate of drug-likeness (QED) is 0.0646. The molecule has 5 aliphatic carbocycles. The van der Waals surface area contributed by atoms with Gasteiger partial charge in [-0.2, -0.15) is 0 Å². The summed E-state index contributed by atoms with van der Waals surface area (Å²) in [6.45, 7) is 15.4. The number of allylic oxidation sites excluding steroid dienone is 2. The molecule has 0 aromatic heterocycles. The van der Waals surface area contributed by atoms with Crippen LogP contribution in [0.4, 0.5) is 0 Å². The Hall–Kier alpha value is -4.88. The van der Waals surface area contributed by atoms with Gasteiger partial charge in [-0.3, -0.25) is 9.59 Å². The zero-order valence-corrected chi connectivity index (χ0v) is 46.5. The number of rotatable bonds is 13. The summed E-state index contributed by atoms with van der Waals surface area (Å²) in [6.07, 6.45) is -10.8. The molecular weight excluding hydrogens is 1010 g/mol. The Labute approximate surface area is 463 Å². The third kappa shape index (κ3) is 10.2. The van der Waals surface area contributed by atoms with Crippen LogP contribution in [0, 0.1) is 50.2 Å². The molecule has 5 N–H and O–H groups in total. The number of esters is 3. The lowest BCUT2D eigenvalue weighted by Gasteiger charge is -2.70. The van der Waals surface area contributed by atoms with Gasteiger partial charge >= 0.3 is 17.9 Å². The number of hydrogen-bond donors (Lipinski definition) is 5. The largest absolute Gasteiger partial charge is 0.460 e. The van der Waals surface area contributed by atoms with E-state index in [2.05, 4.69) is 41.5 Å². The van der Waals surface area contributed by atoms with Gasteiger partial charge < -0.3 is 58.7 Å². The number of carbonyl (C=O) groups excluding carboxylic acids is 4. The summed E-state index contributed by atoms with van der Waals surface area (Å²) in [7, 11) is 0. The summed E-state index contributed by atoms with van der Waals surface area (Å²) in [5.74, 6) is -2.54. The summed E-state index contributed by atoms with van der Waals surface area (Å²) in [5, 5.41) is 56.9. The van der Waals surface area contributed by atoms with Gasteiger partial charge in [0.1, 0.15) is 56.4 Å². The molecule has 16 nitrogen and oxygen atoms in total. The van der Waals surface area contributed by atoms with Gasteiger partial charge in [0, 0.05) is 5.92 Å². The second kappa shape index (κ2) is 21.8. The Morgan fingerprint density at radius 3 is 1.66 bits per heavy atom. The van der Waals surface area contributed by atoms with Crippen LogP contribution in [0.25, 0.3) is 0 Å². The Kier molecular flexibility index (Phi) is 15.8. The number of aliphatic hydroxyl groups is 5. The molecule has 7 aliphatic rings. The number of ketones is 1. The monoisotopic (exact) mass is 1090 g/mol. The van der Waals surface area contributed by atoms with Gasteiger partial charge in [-0.25, -0.2) is 9.59 Å². The Morgan fingerprint density at radius 2 is 1.09 bits per heavy atom. The van der Waals surface area contributed by atoms with Crippen molar-refractivity contribution in [2.75, 3.05) is 0 Å². The maximum absolute atomic E-state index is 15.4. The normalized spacial score (nSPS) is 41.5. The molecule has 10 rings (SSSR count). The molecule has 428 valence electrons. The van der Waals surface area contributed by atoms with Crippen LogP contribution in [0.5, 0.6) is 0 Å². The predicted molar refractivity (Wildman–Crippen MR) is 285 cm³/mol. The van der Waals surface area contributed by atoms with E-state index in [0.29, 0.717) is 30.4 Å². The topological polar surface area (TPSA) is 234 Å². The van der Waals surface area contributed by atoms with Crippen LogP contribution in [-0.4, -0.2) is 117 Å². The standard InChI is InChI=1S/C63H80O16/c1-58(2)42-23-26-63(7)52(41(64)31-39-40-32-60(4,28-27-59(40,3)29-30-62(39,63)6)57(72)75-35-38-21-15-10-16-22-38)61(42,5)25-24-43(58)76-56-51(47(68)46(67)50(78-56)54(71)74-34-37-19-13-9-14-20-37)79-55-48(69)44(65)45(66)49(77-55)53(70)73-33-36-17-11-8-12-18-36/h8-22,31,40,42-52,55-56,65-69H,23-30,32-35H2,1-7H3. The minimum Gasteiger partial charge on any atom is -0.460 e. The highest BCUT2D eigenvalue weighted by atomic mass is 16.8. The molecule has 2 heterocycles. The molecule has 4 saturated carbocycles. The first-order chi connectivity index (χ1) is 37.4. The SMILES string of the molecule is CC1(C(=O)OCc2ccccc2)CCC2(C)CCC3(C)C(=CC(=O)C4C5(C)CCC(OC6OC(C(=O)OCc7ccccc7)C(O)C(O)C6OC6OC(C(=O)OCc7ccccc7)C(O)C(O)C6O)C(C)(C)C5CCC43C)C2C1. The summed E-state index contributed by atoms with van der Waals surface area (Å²) in [6, 6.07) is 27.4. The molecule has 0 amide bonds. The van der Waals surface area contributed by atoms with Crippen molar-refractivity contribution in [3.8, 4) is 0 Å². The first-order valence-electron chi connectivity index (χ1n) is 28.3. The van der Waals surface area contributed by atoms with Crippen LogP contribution in [-0.2, 0) is 72.2 Å². The summed E-state index contributed by atoms with van der Waals surface area (Å²) < 4.78 is 42.3. The Balaban J connectivity index is 0.901. The van der Waals surface area contributed by atoms with Crippen molar-refractivity contribution in [3.63, 3.8) is 0 Å². The molecule has 19 unspecified atom stereocenters. The molecule has 79 heavy (non-hydrogen) atoms. The first-order valence-corrected chi connectivity index (χ1v) is 28.3. The van der Waals surface area contributed by atoms with Crippen LogP contribution in [0.2, 0.25) is 0 Å². The fourth-order valence-corrected chi connectivity index (χ4v) is 15.9. The molecule has 0 radical (unpaired) electrons. The van der Waals surface area contributed by atoms with Crippen molar-refractivity contribution in [1.82, 2.24) is 0 Å². The lowest BCUT2D eigenvalue weighted by molar-refractivity contribution is -0.372. The van der Waals surface area contributed by atoms with Crippen molar-refractivity contribution in [1.29, 1.82) is 0 Å². The van der Waals surface area contributed by atoms with Gasteiger partial charge in [0.2, 0.25) is 0 Å². The molecule has 3 aromatic carbocycles. The molecule has 3 aromatic rings. The zero-order chi connectivity index (χ0) is 56.5. The number of carbonyl (C=O) groups is 4. The van der Waals surface area contributed by atoms with Gasteiger partial charge in [-0.1, -0.05) is 138 Å². The highest BCUT2D eigenvalue weighted by molar-refractivity contribution is 5.95. The second-order valence-corrected chi connectivity index (χ2v) is 25.9. The van der Waals surface area contributed by atoms with E-state index < -0.39 is 101 Å². The van der Waals surface area contributed by atoms with E-state index in [9.17, 15) is 39.9 Å². The Bertz CT molecular complexity index is 2740. The van der Waals surface area contributed by atoms with Crippen LogP contribution in [0.1, 0.15) is 123 Å². The maximum atomic E-state index is 15.4. The molecule has 19 atom stereocenters. The second-order valence-electron chi connectivity index (χ2n) is 25.9. The number of hydrogen-bond acceptors (Lipinski definition) is 16. The van der Waals surface area contributed by atoms with Crippen molar-refractivity contribution in [3.05, 3.63) is 119 Å². The lowest BCUT2D eigenvalue weighted by atomic mass is 9.33. The Morgan fingerprint density at radius 1 is 0.570 bits per heavy atom.